The molecule has 0 radical (unpaired) electrons. The normalized spacial score (nSPS) is 12.5. The predicted molar refractivity (Wildman–Crippen MR) is 123 cm³/mol. The summed E-state index contributed by atoms with van der Waals surface area (Å²) >= 11 is 0. The number of carbonyl (C=O) groups is 2. The van der Waals surface area contributed by atoms with E-state index in [2.05, 4.69) is 10.6 Å². The van der Waals surface area contributed by atoms with Crippen molar-refractivity contribution in [2.24, 2.45) is 0 Å². The van der Waals surface area contributed by atoms with Crippen LogP contribution < -0.4 is 15.4 Å². The molecule has 0 unspecified atom stereocenters. The van der Waals surface area contributed by atoms with Crippen molar-refractivity contribution in [2.45, 2.75) is 39.3 Å². The molecule has 3 rings (SSSR count). The van der Waals surface area contributed by atoms with Crippen LogP contribution in [0.2, 0.25) is 0 Å². The number of aryl methyl sites for hydroxylation is 1. The Morgan fingerprint density at radius 3 is 2.26 bits per heavy atom. The Kier molecular flexibility index (Phi) is 7.44. The predicted octanol–water partition coefficient (Wildman–Crippen LogP) is 5.28. The number of hydrogen-bond acceptors (Lipinski definition) is 3. The molecule has 31 heavy (non-hydrogen) atoms. The van der Waals surface area contributed by atoms with Gasteiger partial charge in [-0.25, -0.2) is 0 Å². The lowest BCUT2D eigenvalue weighted by Gasteiger charge is -2.20. The first-order valence-corrected chi connectivity index (χ1v) is 10.5. The van der Waals surface area contributed by atoms with Gasteiger partial charge >= 0.3 is 0 Å². The zero-order valence-electron chi connectivity index (χ0n) is 18.1. The summed E-state index contributed by atoms with van der Waals surface area (Å²) in [5.74, 6) is 0.134. The molecule has 0 aliphatic rings. The molecule has 0 aliphatic carbocycles. The van der Waals surface area contributed by atoms with Crippen molar-refractivity contribution < 1.29 is 14.3 Å². The van der Waals surface area contributed by atoms with E-state index in [1.54, 1.807) is 24.3 Å². The first kappa shape index (κ1) is 22.1. The number of carbonyl (C=O) groups excluding carboxylic acids is 2. The minimum absolute atomic E-state index is 0.162. The molecule has 3 aromatic rings. The van der Waals surface area contributed by atoms with Crippen molar-refractivity contribution >= 4 is 17.5 Å². The van der Waals surface area contributed by atoms with Crippen molar-refractivity contribution in [3.05, 3.63) is 95.6 Å². The Morgan fingerprint density at radius 2 is 1.55 bits per heavy atom. The number of anilines is 1. The highest BCUT2D eigenvalue weighted by Crippen LogP contribution is 2.21. The van der Waals surface area contributed by atoms with E-state index in [9.17, 15) is 9.59 Å². The Hall–Kier alpha value is -3.60. The van der Waals surface area contributed by atoms with Crippen molar-refractivity contribution in [3.8, 4) is 5.75 Å². The second-order valence-corrected chi connectivity index (χ2v) is 7.42. The largest absolute Gasteiger partial charge is 0.480 e. The summed E-state index contributed by atoms with van der Waals surface area (Å²) in [5.41, 5.74) is 2.83. The third-order valence-corrected chi connectivity index (χ3v) is 5.10. The molecule has 0 bridgehead atoms. The smallest absolute Gasteiger partial charge is 0.265 e. The lowest BCUT2D eigenvalue weighted by molar-refractivity contribution is -0.122. The molecule has 2 atom stereocenters. The maximum atomic E-state index is 12.9. The number of para-hydroxylation sites is 2. The van der Waals surface area contributed by atoms with Gasteiger partial charge in [0.25, 0.3) is 11.8 Å². The molecular weight excluding hydrogens is 388 g/mol. The molecule has 3 aromatic carbocycles. The van der Waals surface area contributed by atoms with Crippen LogP contribution in [0, 0.1) is 6.92 Å². The van der Waals surface area contributed by atoms with Gasteiger partial charge in [-0.2, -0.15) is 0 Å². The average molecular weight is 417 g/mol. The SMILES string of the molecule is CC[C@H](Oc1ccccc1C)C(=O)Nc1ccccc1C(=O)N[C@H](C)c1ccccc1. The third kappa shape index (κ3) is 5.72. The standard InChI is InChI=1S/C26H28N2O3/c1-4-23(31-24-17-11-8-12-18(24)2)26(30)28-22-16-10-9-15-21(22)25(29)27-19(3)20-13-6-5-7-14-20/h5-17,19,23H,4H2,1-3H3,(H,27,29)(H,28,30)/t19-,23+/m1/s1. The topological polar surface area (TPSA) is 67.4 Å². The van der Waals surface area contributed by atoms with Crippen LogP contribution >= 0.6 is 0 Å². The van der Waals surface area contributed by atoms with Gasteiger partial charge in [0.2, 0.25) is 0 Å². The zero-order chi connectivity index (χ0) is 22.2. The van der Waals surface area contributed by atoms with E-state index in [4.69, 9.17) is 4.74 Å². The molecule has 5 nitrogen and oxygen atoms in total. The maximum Gasteiger partial charge on any atom is 0.265 e. The van der Waals surface area contributed by atoms with Gasteiger partial charge in [-0.05, 0) is 49.6 Å². The Bertz CT molecular complexity index is 1030. The summed E-state index contributed by atoms with van der Waals surface area (Å²) in [7, 11) is 0. The van der Waals surface area contributed by atoms with Crippen molar-refractivity contribution in [2.75, 3.05) is 5.32 Å². The molecule has 2 N–H and O–H groups in total. The molecule has 0 spiro atoms. The molecule has 0 saturated carbocycles. The van der Waals surface area contributed by atoms with E-state index in [0.717, 1.165) is 11.1 Å². The van der Waals surface area contributed by atoms with E-state index in [1.165, 1.54) is 0 Å². The highest BCUT2D eigenvalue weighted by molar-refractivity contribution is 6.04. The lowest BCUT2D eigenvalue weighted by Crippen LogP contribution is -2.34. The maximum absolute atomic E-state index is 12.9. The Balaban J connectivity index is 1.72. The first-order chi connectivity index (χ1) is 15.0. The monoisotopic (exact) mass is 416 g/mol. The van der Waals surface area contributed by atoms with E-state index < -0.39 is 6.10 Å². The van der Waals surface area contributed by atoms with Crippen LogP contribution in [0.3, 0.4) is 0 Å². The highest BCUT2D eigenvalue weighted by atomic mass is 16.5. The summed E-state index contributed by atoms with van der Waals surface area (Å²) in [4.78, 5) is 25.8. The molecule has 2 amide bonds. The van der Waals surface area contributed by atoms with E-state index in [-0.39, 0.29) is 17.9 Å². The van der Waals surface area contributed by atoms with Crippen LogP contribution in [0.15, 0.2) is 78.9 Å². The van der Waals surface area contributed by atoms with Gasteiger partial charge in [-0.3, -0.25) is 9.59 Å². The molecule has 0 saturated heterocycles. The second kappa shape index (κ2) is 10.4. The average Bonchev–Trinajstić information content (AvgIpc) is 2.79. The van der Waals surface area contributed by atoms with Gasteiger partial charge in [0.1, 0.15) is 5.75 Å². The molecule has 0 aliphatic heterocycles. The van der Waals surface area contributed by atoms with Gasteiger partial charge in [0.05, 0.1) is 17.3 Å². The van der Waals surface area contributed by atoms with Crippen LogP contribution in [0.5, 0.6) is 5.75 Å². The van der Waals surface area contributed by atoms with E-state index >= 15 is 0 Å². The van der Waals surface area contributed by atoms with E-state index in [1.807, 2.05) is 75.4 Å². The number of benzene rings is 3. The molecular formula is C26H28N2O3. The molecule has 0 heterocycles. The zero-order valence-corrected chi connectivity index (χ0v) is 18.1. The van der Waals surface area contributed by atoms with Crippen molar-refractivity contribution in [1.29, 1.82) is 0 Å². The Labute approximate surface area is 183 Å². The third-order valence-electron chi connectivity index (χ3n) is 5.10. The number of ether oxygens (including phenoxy) is 1. The van der Waals surface area contributed by atoms with Gasteiger partial charge in [0.15, 0.2) is 6.10 Å². The summed E-state index contributed by atoms with van der Waals surface area (Å²) < 4.78 is 5.94. The van der Waals surface area contributed by atoms with Crippen LogP contribution in [0.25, 0.3) is 0 Å². The summed E-state index contributed by atoms with van der Waals surface area (Å²) in [6.07, 6.45) is -0.167. The minimum atomic E-state index is -0.666. The van der Waals surface area contributed by atoms with E-state index in [0.29, 0.717) is 23.4 Å². The number of amides is 2. The van der Waals surface area contributed by atoms with Crippen LogP contribution in [-0.2, 0) is 4.79 Å². The quantitative estimate of drug-likeness (QED) is 0.525. The second-order valence-electron chi connectivity index (χ2n) is 7.42. The van der Waals surface area contributed by atoms with Gasteiger partial charge in [-0.15, -0.1) is 0 Å². The number of rotatable bonds is 8. The molecule has 0 fully saturated rings. The fraction of sp³-hybridized carbons (Fsp3) is 0.231. The molecule has 0 aromatic heterocycles. The highest BCUT2D eigenvalue weighted by Gasteiger charge is 2.22. The summed E-state index contributed by atoms with van der Waals surface area (Å²) in [6, 6.07) is 24.1. The minimum Gasteiger partial charge on any atom is -0.480 e. The van der Waals surface area contributed by atoms with Crippen LogP contribution in [-0.4, -0.2) is 17.9 Å². The number of hydrogen-bond donors (Lipinski definition) is 2. The summed E-state index contributed by atoms with van der Waals surface area (Å²) in [6.45, 7) is 5.76. The van der Waals surface area contributed by atoms with Gasteiger partial charge in [0, 0.05) is 0 Å². The lowest BCUT2D eigenvalue weighted by atomic mass is 10.1. The molecule has 160 valence electrons. The summed E-state index contributed by atoms with van der Waals surface area (Å²) in [5, 5.41) is 5.87. The van der Waals surface area contributed by atoms with Gasteiger partial charge < -0.3 is 15.4 Å². The molecule has 5 heteroatoms. The fourth-order valence-corrected chi connectivity index (χ4v) is 3.27. The first-order valence-electron chi connectivity index (χ1n) is 10.5. The van der Waals surface area contributed by atoms with Crippen molar-refractivity contribution in [1.82, 2.24) is 5.32 Å². The number of nitrogens with one attached hydrogen (secondary N) is 2. The van der Waals surface area contributed by atoms with Crippen molar-refractivity contribution in [3.63, 3.8) is 0 Å². The van der Waals surface area contributed by atoms with Gasteiger partial charge in [-0.1, -0.05) is 67.6 Å². The Morgan fingerprint density at radius 1 is 0.903 bits per heavy atom. The fourth-order valence-electron chi connectivity index (χ4n) is 3.27. The van der Waals surface area contributed by atoms with Crippen LogP contribution in [0.4, 0.5) is 5.69 Å². The van der Waals surface area contributed by atoms with Crippen LogP contribution in [0.1, 0.15) is 47.8 Å².